The average Bonchev–Trinajstić information content (AvgIpc) is 3.23. The third-order valence-electron chi connectivity index (χ3n) is 4.96. The van der Waals surface area contributed by atoms with Crippen LogP contribution in [0.15, 0.2) is 42.6 Å². The molecule has 4 N–H and O–H groups in total. The second-order valence-electron chi connectivity index (χ2n) is 7.89. The molecule has 16 nitrogen and oxygen atoms in total. The predicted octanol–water partition coefficient (Wildman–Crippen LogP) is 3.28. The molecule has 1 aromatic rings. The minimum absolute atomic E-state index is 0.0208. The summed E-state index contributed by atoms with van der Waals surface area (Å²) in [5.74, 6) is 0.778. The molecule has 0 aromatic heterocycles. The highest BCUT2D eigenvalue weighted by Gasteiger charge is 2.48. The molecule has 2 aliphatic rings. The van der Waals surface area contributed by atoms with Gasteiger partial charge in [-0.1, -0.05) is 46.7 Å². The molecule has 1 fully saturated rings. The highest BCUT2D eigenvalue weighted by Crippen LogP contribution is 2.66. The van der Waals surface area contributed by atoms with Gasteiger partial charge < -0.3 is 29.0 Å². The summed E-state index contributed by atoms with van der Waals surface area (Å²) in [5, 5.41) is 0. The molecule has 1 saturated heterocycles. The van der Waals surface area contributed by atoms with E-state index in [1.807, 2.05) is 6.92 Å². The number of rotatable bonds is 14. The Morgan fingerprint density at radius 3 is 2.42 bits per heavy atom. The number of imide groups is 1. The number of phosphoric acid groups is 3. The molecule has 2 heterocycles. The van der Waals surface area contributed by atoms with Crippen LogP contribution in [0.4, 0.5) is 4.79 Å². The van der Waals surface area contributed by atoms with Gasteiger partial charge in [-0.2, -0.15) is 8.62 Å². The number of nitrogens with zero attached hydrogens (tertiary/aromatic N) is 2. The van der Waals surface area contributed by atoms with Crippen LogP contribution < -0.4 is 0 Å². The van der Waals surface area contributed by atoms with Crippen molar-refractivity contribution in [3.05, 3.63) is 48.2 Å². The monoisotopic (exact) mass is 664 g/mol. The van der Waals surface area contributed by atoms with Gasteiger partial charge in [0.25, 0.3) is 5.91 Å². The molecule has 0 bridgehead atoms. The zero-order valence-corrected chi connectivity index (χ0v) is 25.0. The van der Waals surface area contributed by atoms with Crippen molar-refractivity contribution in [1.82, 2.24) is 9.80 Å². The van der Waals surface area contributed by atoms with E-state index in [1.165, 1.54) is 23.1 Å². The Labute approximate surface area is 236 Å². The third-order valence-corrected chi connectivity index (χ3v) is 11.2. The standard InChI is InChI=1S/C19H27N2O14P3S2/c1-2-39-40-12-11-31-15-13-16(32-18(15)33-37(27,28)35-38(29,30)34-36(24,25)26)20-9-6-10-21(19(20)23)17(22)14-7-4-3-5-8-14/h3-9,15-16,18H,2,10-13H2,1H3,(H,27,28)(H,29,30)(H2,24,25,26)/t15?,16-,18-/m1/s1. The lowest BCUT2D eigenvalue weighted by molar-refractivity contribution is -0.147. The van der Waals surface area contributed by atoms with Gasteiger partial charge in [0, 0.05) is 29.7 Å². The van der Waals surface area contributed by atoms with Crippen LogP contribution in [-0.4, -0.2) is 84.6 Å². The number of carbonyl (C=O) groups is 2. The number of amides is 3. The van der Waals surface area contributed by atoms with E-state index in [9.17, 15) is 33.1 Å². The van der Waals surface area contributed by atoms with Gasteiger partial charge in [0.15, 0.2) is 6.29 Å². The van der Waals surface area contributed by atoms with Crippen LogP contribution in [0.3, 0.4) is 0 Å². The van der Waals surface area contributed by atoms with E-state index >= 15 is 0 Å². The van der Waals surface area contributed by atoms with Crippen molar-refractivity contribution in [2.75, 3.05) is 24.7 Å². The number of carbonyl (C=O) groups excluding carboxylic acids is 2. The molecular weight excluding hydrogens is 637 g/mol. The number of hydrogen-bond acceptors (Lipinski definition) is 12. The van der Waals surface area contributed by atoms with Crippen molar-refractivity contribution in [3.63, 3.8) is 0 Å². The van der Waals surface area contributed by atoms with Crippen molar-refractivity contribution in [3.8, 4) is 0 Å². The van der Waals surface area contributed by atoms with Crippen LogP contribution in [0.2, 0.25) is 0 Å². The Kier molecular flexibility index (Phi) is 12.0. The van der Waals surface area contributed by atoms with Gasteiger partial charge >= 0.3 is 29.5 Å². The molecule has 3 rings (SSSR count). The summed E-state index contributed by atoms with van der Waals surface area (Å²) >= 11 is 0. The zero-order chi connectivity index (χ0) is 29.6. The van der Waals surface area contributed by atoms with Crippen LogP contribution in [0.1, 0.15) is 23.7 Å². The van der Waals surface area contributed by atoms with Crippen LogP contribution in [0.25, 0.3) is 0 Å². The van der Waals surface area contributed by atoms with Crippen molar-refractivity contribution < 1.29 is 65.5 Å². The van der Waals surface area contributed by atoms with Gasteiger partial charge in [0.05, 0.1) is 13.2 Å². The lowest BCUT2D eigenvalue weighted by Crippen LogP contribution is -2.50. The van der Waals surface area contributed by atoms with Crippen LogP contribution in [0.5, 0.6) is 0 Å². The summed E-state index contributed by atoms with van der Waals surface area (Å²) in [4.78, 5) is 65.0. The lowest BCUT2D eigenvalue weighted by atomic mass is 10.2. The SMILES string of the molecule is CCSSCCOC1C[C@H](N2C=CCN(C(=O)c3ccccc3)C2=O)O[C@@H]1OP(=O)(O)OP(=O)(O)OP(=O)(O)O. The van der Waals surface area contributed by atoms with Crippen LogP contribution in [-0.2, 0) is 36.3 Å². The number of benzene rings is 1. The summed E-state index contributed by atoms with van der Waals surface area (Å²) in [7, 11) is -13.9. The molecule has 21 heteroatoms. The molecule has 0 aliphatic carbocycles. The molecule has 3 unspecified atom stereocenters. The van der Waals surface area contributed by atoms with Gasteiger partial charge in [-0.25, -0.2) is 18.5 Å². The molecule has 0 saturated carbocycles. The smallest absolute Gasteiger partial charge is 0.372 e. The second kappa shape index (κ2) is 14.4. The van der Waals surface area contributed by atoms with E-state index in [2.05, 4.69) is 8.62 Å². The van der Waals surface area contributed by atoms with Gasteiger partial charge in [0.1, 0.15) is 12.3 Å². The first-order valence-corrected chi connectivity index (χ1v) is 18.4. The van der Waals surface area contributed by atoms with Gasteiger partial charge in [-0.05, 0) is 18.2 Å². The van der Waals surface area contributed by atoms with E-state index in [0.717, 1.165) is 15.6 Å². The first kappa shape index (κ1) is 33.4. The fraction of sp³-hybridized carbons (Fsp3) is 0.474. The molecular formula is C19H27N2O14P3S2. The Morgan fingerprint density at radius 2 is 1.77 bits per heavy atom. The molecule has 40 heavy (non-hydrogen) atoms. The van der Waals surface area contributed by atoms with Gasteiger partial charge in [0.2, 0.25) is 0 Å². The lowest BCUT2D eigenvalue weighted by Gasteiger charge is -2.33. The van der Waals surface area contributed by atoms with E-state index < -0.39 is 54.0 Å². The summed E-state index contributed by atoms with van der Waals surface area (Å²) < 4.78 is 58.8. The number of phosphoric ester groups is 1. The number of hydrogen-bond donors (Lipinski definition) is 4. The quantitative estimate of drug-likeness (QED) is 0.127. The molecule has 2 aliphatic heterocycles. The maximum atomic E-state index is 13.2. The first-order chi connectivity index (χ1) is 18.7. The fourth-order valence-corrected chi connectivity index (χ4v) is 8.12. The fourth-order valence-electron chi connectivity index (χ4n) is 3.51. The highest BCUT2D eigenvalue weighted by atomic mass is 33.1. The van der Waals surface area contributed by atoms with Gasteiger partial charge in [-0.15, -0.1) is 0 Å². The molecule has 3 amide bonds. The van der Waals surface area contributed by atoms with Crippen molar-refractivity contribution in [2.24, 2.45) is 0 Å². The van der Waals surface area contributed by atoms with Crippen molar-refractivity contribution in [2.45, 2.75) is 32.0 Å². The summed E-state index contributed by atoms with van der Waals surface area (Å²) in [5.41, 5.74) is 0.271. The zero-order valence-electron chi connectivity index (χ0n) is 20.7. The molecule has 224 valence electrons. The Bertz CT molecular complexity index is 1220. The van der Waals surface area contributed by atoms with E-state index in [1.54, 1.807) is 41.1 Å². The van der Waals surface area contributed by atoms with Crippen LogP contribution >= 0.6 is 45.1 Å². The molecule has 0 spiro atoms. The Hall–Kier alpha value is -1.07. The normalized spacial score (nSPS) is 24.6. The van der Waals surface area contributed by atoms with E-state index in [4.69, 9.17) is 23.8 Å². The number of ether oxygens (including phenoxy) is 2. The minimum Gasteiger partial charge on any atom is -0.372 e. The minimum atomic E-state index is -5.77. The number of urea groups is 1. The molecule has 1 aromatic carbocycles. The van der Waals surface area contributed by atoms with Crippen molar-refractivity contribution >= 4 is 57.0 Å². The Morgan fingerprint density at radius 1 is 1.07 bits per heavy atom. The highest BCUT2D eigenvalue weighted by molar-refractivity contribution is 8.76. The van der Waals surface area contributed by atoms with Crippen molar-refractivity contribution in [1.29, 1.82) is 0 Å². The topological polar surface area (TPSA) is 219 Å². The third kappa shape index (κ3) is 10.0. The summed E-state index contributed by atoms with van der Waals surface area (Å²) in [6.07, 6.45) is -1.26. The van der Waals surface area contributed by atoms with E-state index in [-0.39, 0.29) is 25.1 Å². The molecule has 0 radical (unpaired) electrons. The van der Waals surface area contributed by atoms with E-state index in [0.29, 0.717) is 5.75 Å². The summed E-state index contributed by atoms with van der Waals surface area (Å²) in [6.45, 7) is 2.06. The maximum Gasteiger partial charge on any atom is 0.490 e. The van der Waals surface area contributed by atoms with Crippen LogP contribution in [0, 0.1) is 0 Å². The summed E-state index contributed by atoms with van der Waals surface area (Å²) in [6, 6.07) is 7.33. The molecule has 5 atom stereocenters. The van der Waals surface area contributed by atoms with Gasteiger partial charge in [-0.3, -0.25) is 19.1 Å². The largest absolute Gasteiger partial charge is 0.490 e. The average molecular weight is 664 g/mol. The Balaban J connectivity index is 1.74. The predicted molar refractivity (Wildman–Crippen MR) is 142 cm³/mol. The second-order valence-corrected chi connectivity index (χ2v) is 15.1. The maximum absolute atomic E-state index is 13.2. The first-order valence-electron chi connectivity index (χ1n) is 11.4.